The van der Waals surface area contributed by atoms with Crippen LogP contribution >= 0.6 is 11.3 Å². The van der Waals surface area contributed by atoms with Gasteiger partial charge in [-0.25, -0.2) is 4.79 Å². The smallest absolute Gasteiger partial charge is 0.337 e. The third kappa shape index (κ3) is 4.40. The van der Waals surface area contributed by atoms with Crippen LogP contribution in [0, 0.1) is 0 Å². The second kappa shape index (κ2) is 8.31. The molecule has 0 aliphatic carbocycles. The molecule has 1 amide bonds. The van der Waals surface area contributed by atoms with Crippen molar-refractivity contribution in [1.82, 2.24) is 0 Å². The summed E-state index contributed by atoms with van der Waals surface area (Å²) in [7, 11) is 1.81. The Morgan fingerprint density at radius 2 is 2.19 bits per heavy atom. The summed E-state index contributed by atoms with van der Waals surface area (Å²) in [6.45, 7) is 2.13. The van der Waals surface area contributed by atoms with Crippen molar-refractivity contribution in [2.45, 2.75) is 6.10 Å². The molecule has 1 saturated heterocycles. The Hall–Kier alpha value is -2.42. The van der Waals surface area contributed by atoms with Crippen LogP contribution in [0.1, 0.15) is 20.0 Å². The highest BCUT2D eigenvalue weighted by Crippen LogP contribution is 2.25. The van der Waals surface area contributed by atoms with E-state index in [0.717, 1.165) is 0 Å². The zero-order valence-electron chi connectivity index (χ0n) is 14.3. The number of aromatic carboxylic acids is 1. The number of hydrogen-bond acceptors (Lipinski definition) is 6. The van der Waals surface area contributed by atoms with Crippen molar-refractivity contribution in [2.24, 2.45) is 0 Å². The van der Waals surface area contributed by atoms with Crippen LogP contribution in [-0.2, 0) is 9.47 Å². The molecule has 138 valence electrons. The molecule has 2 N–H and O–H groups in total. The van der Waals surface area contributed by atoms with Gasteiger partial charge in [0.05, 0.1) is 42.1 Å². The van der Waals surface area contributed by atoms with Crippen LogP contribution in [0.4, 0.5) is 11.4 Å². The van der Waals surface area contributed by atoms with Crippen LogP contribution in [0.15, 0.2) is 35.7 Å². The molecule has 1 fully saturated rings. The van der Waals surface area contributed by atoms with E-state index >= 15 is 0 Å². The van der Waals surface area contributed by atoms with E-state index in [1.807, 2.05) is 17.3 Å². The van der Waals surface area contributed by atoms with Crippen molar-refractivity contribution >= 4 is 34.6 Å². The van der Waals surface area contributed by atoms with Crippen molar-refractivity contribution in [1.29, 1.82) is 0 Å². The average molecular weight is 376 g/mol. The Balaban J connectivity index is 1.75. The number of hydrogen-bond donors (Lipinski definition) is 2. The number of carboxylic acid groups (broad SMARTS) is 1. The van der Waals surface area contributed by atoms with Crippen molar-refractivity contribution in [3.63, 3.8) is 0 Å². The third-order valence-electron chi connectivity index (χ3n) is 4.00. The summed E-state index contributed by atoms with van der Waals surface area (Å²) < 4.78 is 11.0. The Morgan fingerprint density at radius 3 is 2.85 bits per heavy atom. The summed E-state index contributed by atoms with van der Waals surface area (Å²) in [6, 6.07) is 8.36. The minimum Gasteiger partial charge on any atom is -0.478 e. The van der Waals surface area contributed by atoms with E-state index in [-0.39, 0.29) is 17.6 Å². The quantitative estimate of drug-likeness (QED) is 0.806. The van der Waals surface area contributed by atoms with Gasteiger partial charge in [0, 0.05) is 19.3 Å². The fourth-order valence-electron chi connectivity index (χ4n) is 2.76. The molecule has 1 aliphatic rings. The SMILES string of the molecule is CN(C[C@H]1COCCO1)c1ccc(NC(=O)c2cccs2)cc1C(=O)O. The predicted octanol–water partition coefficient (Wildman–Crippen LogP) is 2.55. The van der Waals surface area contributed by atoms with E-state index in [0.29, 0.717) is 42.6 Å². The molecule has 0 spiro atoms. The number of thiophene rings is 1. The average Bonchev–Trinajstić information content (AvgIpc) is 3.17. The number of amides is 1. The molecule has 0 radical (unpaired) electrons. The highest BCUT2D eigenvalue weighted by molar-refractivity contribution is 7.12. The lowest BCUT2D eigenvalue weighted by Gasteiger charge is -2.29. The highest BCUT2D eigenvalue weighted by Gasteiger charge is 2.20. The Labute approximate surface area is 155 Å². The second-order valence-electron chi connectivity index (χ2n) is 5.92. The summed E-state index contributed by atoms with van der Waals surface area (Å²) in [5, 5.41) is 14.1. The summed E-state index contributed by atoms with van der Waals surface area (Å²) in [4.78, 5) is 26.2. The highest BCUT2D eigenvalue weighted by atomic mass is 32.1. The first-order chi connectivity index (χ1) is 12.5. The molecule has 3 rings (SSSR count). The predicted molar refractivity (Wildman–Crippen MR) is 99.5 cm³/mol. The van der Waals surface area contributed by atoms with E-state index in [2.05, 4.69) is 5.32 Å². The number of nitrogens with one attached hydrogen (secondary N) is 1. The number of carbonyl (C=O) groups excluding carboxylic acids is 1. The van der Waals surface area contributed by atoms with Crippen LogP contribution in [0.25, 0.3) is 0 Å². The molecule has 1 aromatic carbocycles. The maximum Gasteiger partial charge on any atom is 0.337 e. The molecule has 26 heavy (non-hydrogen) atoms. The van der Waals surface area contributed by atoms with Gasteiger partial charge >= 0.3 is 5.97 Å². The number of ether oxygens (including phenoxy) is 2. The first kappa shape index (κ1) is 18.4. The number of nitrogens with zero attached hydrogens (tertiary/aromatic N) is 1. The number of anilines is 2. The normalized spacial score (nSPS) is 16.9. The van der Waals surface area contributed by atoms with E-state index in [4.69, 9.17) is 9.47 Å². The number of benzene rings is 1. The van der Waals surface area contributed by atoms with Crippen LogP contribution in [0.5, 0.6) is 0 Å². The van der Waals surface area contributed by atoms with Crippen LogP contribution in [0.3, 0.4) is 0 Å². The van der Waals surface area contributed by atoms with Crippen molar-refractivity contribution in [2.75, 3.05) is 43.6 Å². The molecule has 1 aromatic heterocycles. The first-order valence-corrected chi connectivity index (χ1v) is 9.05. The molecule has 8 heteroatoms. The lowest BCUT2D eigenvalue weighted by atomic mass is 10.1. The van der Waals surface area contributed by atoms with Gasteiger partial charge in [-0.05, 0) is 29.6 Å². The van der Waals surface area contributed by atoms with Crippen LogP contribution in [-0.4, -0.2) is 56.5 Å². The molecule has 0 unspecified atom stereocenters. The molecule has 7 nitrogen and oxygen atoms in total. The second-order valence-corrected chi connectivity index (χ2v) is 6.86. The fraction of sp³-hybridized carbons (Fsp3) is 0.333. The monoisotopic (exact) mass is 376 g/mol. The summed E-state index contributed by atoms with van der Waals surface area (Å²) >= 11 is 1.33. The maximum absolute atomic E-state index is 12.1. The third-order valence-corrected chi connectivity index (χ3v) is 4.87. The van der Waals surface area contributed by atoms with Crippen LogP contribution < -0.4 is 10.2 Å². The topological polar surface area (TPSA) is 88.1 Å². The van der Waals surface area contributed by atoms with Gasteiger partial charge in [-0.3, -0.25) is 4.79 Å². The molecule has 1 aliphatic heterocycles. The van der Waals surface area contributed by atoms with Gasteiger partial charge in [0.25, 0.3) is 5.91 Å². The van der Waals surface area contributed by atoms with Gasteiger partial charge in [0.1, 0.15) is 0 Å². The molecule has 1 atom stereocenters. The Bertz CT molecular complexity index is 772. The lowest BCUT2D eigenvalue weighted by molar-refractivity contribution is -0.0837. The van der Waals surface area contributed by atoms with E-state index in [1.54, 1.807) is 24.3 Å². The van der Waals surface area contributed by atoms with Crippen LogP contribution in [0.2, 0.25) is 0 Å². The Morgan fingerprint density at radius 1 is 1.35 bits per heavy atom. The van der Waals surface area contributed by atoms with Gasteiger partial charge < -0.3 is 24.8 Å². The summed E-state index contributed by atoms with van der Waals surface area (Å²) in [5.74, 6) is -1.31. The van der Waals surface area contributed by atoms with Crippen molar-refractivity contribution in [3.8, 4) is 0 Å². The van der Waals surface area contributed by atoms with Gasteiger partial charge in [0.2, 0.25) is 0 Å². The fourth-order valence-corrected chi connectivity index (χ4v) is 3.38. The standard InChI is InChI=1S/C18H20N2O5S/c1-20(10-13-11-24-6-7-25-13)15-5-4-12(9-14(15)18(22)23)19-17(21)16-3-2-8-26-16/h2-5,8-9,13H,6-7,10-11H2,1H3,(H,19,21)(H,22,23)/t13-/m0/s1. The summed E-state index contributed by atoms with van der Waals surface area (Å²) in [6.07, 6.45) is -0.103. The van der Waals surface area contributed by atoms with E-state index in [1.165, 1.54) is 17.4 Å². The number of carbonyl (C=O) groups is 2. The zero-order valence-corrected chi connectivity index (χ0v) is 15.1. The number of carboxylic acids is 1. The molecular formula is C18H20N2O5S. The molecule has 0 bridgehead atoms. The van der Waals surface area contributed by atoms with E-state index < -0.39 is 5.97 Å². The molecule has 0 saturated carbocycles. The van der Waals surface area contributed by atoms with Gasteiger partial charge in [0.15, 0.2) is 0 Å². The van der Waals surface area contributed by atoms with Gasteiger partial charge in [-0.15, -0.1) is 11.3 Å². The van der Waals surface area contributed by atoms with Gasteiger partial charge in [-0.1, -0.05) is 6.07 Å². The zero-order chi connectivity index (χ0) is 18.5. The van der Waals surface area contributed by atoms with Crippen molar-refractivity contribution < 1.29 is 24.2 Å². The van der Waals surface area contributed by atoms with E-state index in [9.17, 15) is 14.7 Å². The largest absolute Gasteiger partial charge is 0.478 e. The minimum atomic E-state index is -1.06. The molecule has 2 heterocycles. The first-order valence-electron chi connectivity index (χ1n) is 8.17. The molecule has 2 aromatic rings. The minimum absolute atomic E-state index is 0.103. The van der Waals surface area contributed by atoms with Crippen molar-refractivity contribution in [3.05, 3.63) is 46.2 Å². The summed E-state index contributed by atoms with van der Waals surface area (Å²) in [5.41, 5.74) is 1.12. The maximum atomic E-state index is 12.1. The lowest BCUT2D eigenvalue weighted by Crippen LogP contribution is -2.38. The molecular weight excluding hydrogens is 356 g/mol. The van der Waals surface area contributed by atoms with Gasteiger partial charge in [-0.2, -0.15) is 0 Å². The number of likely N-dealkylation sites (N-methyl/N-ethyl adjacent to an activating group) is 1. The Kier molecular flexibility index (Phi) is 5.87. The number of rotatable bonds is 6.